The minimum atomic E-state index is -0.471. The first kappa shape index (κ1) is 25.6. The zero-order valence-electron chi connectivity index (χ0n) is 20.4. The van der Waals surface area contributed by atoms with Crippen molar-refractivity contribution in [2.45, 2.75) is 12.5 Å². The van der Waals surface area contributed by atoms with Gasteiger partial charge in [0.15, 0.2) is 5.76 Å². The lowest BCUT2D eigenvalue weighted by atomic mass is 9.98. The van der Waals surface area contributed by atoms with E-state index in [4.69, 9.17) is 13.9 Å². The Balaban J connectivity index is 1.63. The van der Waals surface area contributed by atoms with Gasteiger partial charge in [0, 0.05) is 32.2 Å². The van der Waals surface area contributed by atoms with Gasteiger partial charge in [-0.2, -0.15) is 5.10 Å². The van der Waals surface area contributed by atoms with Gasteiger partial charge >= 0.3 is 0 Å². The maximum atomic E-state index is 13.6. The summed E-state index contributed by atoms with van der Waals surface area (Å²) in [5, 5.41) is 17.0. The molecule has 0 unspecified atom stereocenters. The van der Waals surface area contributed by atoms with Crippen LogP contribution in [-0.4, -0.2) is 66.3 Å². The smallest absolute Gasteiger partial charge is 0.290 e. The number of ether oxygens (including phenoxy) is 2. The minimum absolute atomic E-state index is 0.0350. The zero-order chi connectivity index (χ0) is 26.4. The first-order valence-electron chi connectivity index (χ1n) is 11.5. The third kappa shape index (κ3) is 5.84. The predicted octanol–water partition coefficient (Wildman–Crippen LogP) is 3.66. The van der Waals surface area contributed by atoms with Crippen molar-refractivity contribution in [3.8, 4) is 5.75 Å². The third-order valence-corrected chi connectivity index (χ3v) is 5.99. The van der Waals surface area contributed by atoms with Gasteiger partial charge in [-0.15, -0.1) is 0 Å². The second-order valence-electron chi connectivity index (χ2n) is 8.28. The van der Waals surface area contributed by atoms with E-state index in [0.717, 1.165) is 5.56 Å². The molecule has 0 fully saturated rings. The molecule has 0 saturated carbocycles. The Morgan fingerprint density at radius 1 is 1.14 bits per heavy atom. The van der Waals surface area contributed by atoms with E-state index in [1.54, 1.807) is 37.4 Å². The van der Waals surface area contributed by atoms with Gasteiger partial charge < -0.3 is 18.8 Å². The highest BCUT2D eigenvalue weighted by atomic mass is 16.6. The molecule has 2 heterocycles. The van der Waals surface area contributed by atoms with Crippen molar-refractivity contribution in [2.24, 2.45) is 5.10 Å². The van der Waals surface area contributed by atoms with Crippen molar-refractivity contribution in [1.82, 2.24) is 9.91 Å². The summed E-state index contributed by atoms with van der Waals surface area (Å²) in [5.74, 6) is -0.0399. The highest BCUT2D eigenvalue weighted by Crippen LogP contribution is 2.34. The maximum Gasteiger partial charge on any atom is 0.290 e. The van der Waals surface area contributed by atoms with Crippen LogP contribution in [0.15, 0.2) is 76.4 Å². The van der Waals surface area contributed by atoms with Crippen LogP contribution < -0.4 is 4.74 Å². The van der Waals surface area contributed by atoms with Crippen LogP contribution in [0.4, 0.5) is 5.69 Å². The number of rotatable bonds is 10. The molecular weight excluding hydrogens is 480 g/mol. The quantitative estimate of drug-likeness (QED) is 0.303. The number of benzene rings is 2. The molecule has 3 aromatic rings. The Hall–Kier alpha value is -4.51. The molecule has 37 heavy (non-hydrogen) atoms. The summed E-state index contributed by atoms with van der Waals surface area (Å²) in [4.78, 5) is 38.4. The van der Waals surface area contributed by atoms with Gasteiger partial charge in [0.2, 0.25) is 0 Å². The number of non-ortho nitro benzene ring substituents is 1. The van der Waals surface area contributed by atoms with Crippen molar-refractivity contribution in [2.75, 3.05) is 33.9 Å². The van der Waals surface area contributed by atoms with Crippen LogP contribution in [0.25, 0.3) is 0 Å². The van der Waals surface area contributed by atoms with Crippen molar-refractivity contribution in [3.63, 3.8) is 0 Å². The van der Waals surface area contributed by atoms with Crippen LogP contribution in [-0.2, 0) is 9.53 Å². The minimum Gasteiger partial charge on any atom is -0.497 e. The van der Waals surface area contributed by atoms with Crippen LogP contribution in [0.3, 0.4) is 0 Å². The molecule has 1 aromatic heterocycles. The van der Waals surface area contributed by atoms with E-state index < -0.39 is 22.8 Å². The molecule has 1 aliphatic heterocycles. The van der Waals surface area contributed by atoms with Crippen LogP contribution >= 0.6 is 0 Å². The summed E-state index contributed by atoms with van der Waals surface area (Å²) in [6.45, 7) is 0.174. The average molecular weight is 507 g/mol. The third-order valence-electron chi connectivity index (χ3n) is 5.99. The topological polar surface area (TPSA) is 128 Å². The summed E-state index contributed by atoms with van der Waals surface area (Å²) in [5.41, 5.74) is 2.06. The normalized spacial score (nSPS) is 14.8. The van der Waals surface area contributed by atoms with Crippen molar-refractivity contribution in [1.29, 1.82) is 0 Å². The lowest BCUT2D eigenvalue weighted by molar-refractivity contribution is -0.384. The molecule has 2 amide bonds. The second kappa shape index (κ2) is 11.5. The summed E-state index contributed by atoms with van der Waals surface area (Å²) >= 11 is 0. The van der Waals surface area contributed by atoms with E-state index in [2.05, 4.69) is 5.10 Å². The molecule has 11 heteroatoms. The van der Waals surface area contributed by atoms with Gasteiger partial charge in [-0.05, 0) is 47.5 Å². The molecule has 11 nitrogen and oxygen atoms in total. The fourth-order valence-electron chi connectivity index (χ4n) is 4.02. The standard InChI is InChI=1S/C26H26N4O7/c1-35-15-13-28(26(32)24-4-3-14-37-24)17-25(31)29-23(19-7-11-21(36-2)12-8-19)16-22(27-29)18-5-9-20(10-6-18)30(33)34/h3-12,14,23H,13,15-17H2,1-2H3/t23-/m1/s1. The number of nitro groups is 1. The molecule has 4 rings (SSSR count). The first-order chi connectivity index (χ1) is 17.9. The largest absolute Gasteiger partial charge is 0.497 e. The second-order valence-corrected chi connectivity index (χ2v) is 8.28. The van der Waals surface area contributed by atoms with Gasteiger partial charge in [-0.3, -0.25) is 19.7 Å². The fraction of sp³-hybridized carbons (Fsp3) is 0.269. The van der Waals surface area contributed by atoms with Crippen molar-refractivity contribution >= 4 is 23.2 Å². The maximum absolute atomic E-state index is 13.6. The number of nitrogens with zero attached hydrogens (tertiary/aromatic N) is 4. The van der Waals surface area contributed by atoms with Crippen LogP contribution in [0.2, 0.25) is 0 Å². The Morgan fingerprint density at radius 3 is 2.46 bits per heavy atom. The number of hydrazone groups is 1. The molecule has 192 valence electrons. The highest BCUT2D eigenvalue weighted by Gasteiger charge is 2.35. The molecule has 0 saturated heterocycles. The fourth-order valence-corrected chi connectivity index (χ4v) is 4.02. The summed E-state index contributed by atoms with van der Waals surface area (Å²) in [7, 11) is 3.08. The zero-order valence-corrected chi connectivity index (χ0v) is 20.4. The molecule has 0 spiro atoms. The van der Waals surface area contributed by atoms with Crippen molar-refractivity contribution in [3.05, 3.63) is 93.9 Å². The van der Waals surface area contributed by atoms with Crippen LogP contribution in [0.5, 0.6) is 5.75 Å². The van der Waals surface area contributed by atoms with E-state index in [0.29, 0.717) is 23.4 Å². The monoisotopic (exact) mass is 506 g/mol. The molecular formula is C26H26N4O7. The molecule has 1 atom stereocenters. The van der Waals surface area contributed by atoms with Gasteiger partial charge in [0.1, 0.15) is 12.3 Å². The van der Waals surface area contributed by atoms with E-state index in [1.165, 1.54) is 41.5 Å². The van der Waals surface area contributed by atoms with E-state index in [-0.39, 0.29) is 31.1 Å². The number of carbonyl (C=O) groups excluding carboxylic acids is 2. The SMILES string of the molecule is COCCN(CC(=O)N1N=C(c2ccc([N+](=O)[O-])cc2)C[C@@H]1c1ccc(OC)cc1)C(=O)c1ccco1. The molecule has 0 radical (unpaired) electrons. The summed E-state index contributed by atoms with van der Waals surface area (Å²) in [6.07, 6.45) is 1.78. The van der Waals surface area contributed by atoms with Crippen LogP contribution in [0, 0.1) is 10.1 Å². The molecule has 1 aliphatic rings. The number of hydrogen-bond donors (Lipinski definition) is 0. The lowest BCUT2D eigenvalue weighted by Gasteiger charge is -2.26. The first-order valence-corrected chi connectivity index (χ1v) is 11.5. The predicted molar refractivity (Wildman–Crippen MR) is 133 cm³/mol. The van der Waals surface area contributed by atoms with Gasteiger partial charge in [-0.1, -0.05) is 12.1 Å². The number of methoxy groups -OCH3 is 2. The number of amides is 2. The number of furan rings is 1. The molecule has 0 bridgehead atoms. The lowest BCUT2D eigenvalue weighted by Crippen LogP contribution is -2.42. The highest BCUT2D eigenvalue weighted by molar-refractivity contribution is 6.03. The molecule has 2 aromatic carbocycles. The average Bonchev–Trinajstić information content (AvgIpc) is 3.62. The Labute approximate surface area is 213 Å². The Morgan fingerprint density at radius 2 is 1.86 bits per heavy atom. The summed E-state index contributed by atoms with van der Waals surface area (Å²) < 4.78 is 15.6. The van der Waals surface area contributed by atoms with Crippen molar-refractivity contribution < 1.29 is 28.4 Å². The van der Waals surface area contributed by atoms with Crippen LogP contribution in [0.1, 0.15) is 34.1 Å². The van der Waals surface area contributed by atoms with E-state index >= 15 is 0 Å². The van der Waals surface area contributed by atoms with Gasteiger partial charge in [0.05, 0.1) is 36.7 Å². The Kier molecular flexibility index (Phi) is 7.94. The molecule has 0 N–H and O–H groups in total. The van der Waals surface area contributed by atoms with E-state index in [9.17, 15) is 19.7 Å². The number of nitro benzene ring substituents is 1. The molecule has 0 aliphatic carbocycles. The van der Waals surface area contributed by atoms with E-state index in [1.807, 2.05) is 12.1 Å². The van der Waals surface area contributed by atoms with Gasteiger partial charge in [-0.25, -0.2) is 5.01 Å². The Bertz CT molecular complexity index is 1270. The van der Waals surface area contributed by atoms with Gasteiger partial charge in [0.25, 0.3) is 17.5 Å². The number of carbonyl (C=O) groups is 2. The number of hydrogen-bond acceptors (Lipinski definition) is 8. The summed E-state index contributed by atoms with van der Waals surface area (Å²) in [6, 6.07) is 16.0.